The van der Waals surface area contributed by atoms with Gasteiger partial charge in [0.2, 0.25) is 10.0 Å². The Hall–Kier alpha value is -2.69. The molecule has 0 aliphatic heterocycles. The molecule has 2 aromatic carbocycles. The first-order valence-electron chi connectivity index (χ1n) is 8.83. The minimum absolute atomic E-state index is 0.0378. The average Bonchev–Trinajstić information content (AvgIpc) is 3.13. The highest BCUT2D eigenvalue weighted by Gasteiger charge is 2.23. The summed E-state index contributed by atoms with van der Waals surface area (Å²) in [6.45, 7) is 1.83. The maximum absolute atomic E-state index is 12.6. The van der Waals surface area contributed by atoms with Crippen LogP contribution in [0.5, 0.6) is 0 Å². The molecule has 0 saturated heterocycles. The number of nitriles is 1. The van der Waals surface area contributed by atoms with Crippen LogP contribution in [-0.2, 0) is 10.0 Å². The summed E-state index contributed by atoms with van der Waals surface area (Å²) in [6.07, 6.45) is 3.73. The fourth-order valence-corrected chi connectivity index (χ4v) is 4.61. The van der Waals surface area contributed by atoms with Crippen molar-refractivity contribution in [2.45, 2.75) is 43.5 Å². The number of benzene rings is 2. The second-order valence-corrected chi connectivity index (χ2v) is 8.50. The van der Waals surface area contributed by atoms with Gasteiger partial charge >= 0.3 is 0 Å². The van der Waals surface area contributed by atoms with Crippen molar-refractivity contribution >= 4 is 21.6 Å². The summed E-state index contributed by atoms with van der Waals surface area (Å²) in [5.41, 5.74) is 2.03. The zero-order valence-electron chi connectivity index (χ0n) is 15.0. The topological polar surface area (TPSA) is 99.1 Å². The van der Waals surface area contributed by atoms with E-state index in [2.05, 4.69) is 10.0 Å². The van der Waals surface area contributed by atoms with Crippen LogP contribution < -0.4 is 10.0 Å². The number of sulfonamides is 1. The summed E-state index contributed by atoms with van der Waals surface area (Å²) in [6, 6.07) is 13.0. The highest BCUT2D eigenvalue weighted by Crippen LogP contribution is 2.21. The molecule has 0 spiro atoms. The monoisotopic (exact) mass is 383 g/mol. The van der Waals surface area contributed by atoms with E-state index < -0.39 is 15.9 Å². The third-order valence-corrected chi connectivity index (χ3v) is 6.07. The van der Waals surface area contributed by atoms with Crippen molar-refractivity contribution in [2.75, 3.05) is 5.32 Å². The fourth-order valence-electron chi connectivity index (χ4n) is 3.26. The lowest BCUT2D eigenvalue weighted by Crippen LogP contribution is -2.32. The molecule has 1 aliphatic rings. The molecule has 2 N–H and O–H groups in total. The molecule has 2 aromatic rings. The molecular weight excluding hydrogens is 362 g/mol. The van der Waals surface area contributed by atoms with Crippen LogP contribution in [-0.4, -0.2) is 20.4 Å². The van der Waals surface area contributed by atoms with E-state index in [4.69, 9.17) is 5.26 Å². The number of carbonyl (C=O) groups excluding carboxylic acids is 1. The van der Waals surface area contributed by atoms with Crippen LogP contribution >= 0.6 is 0 Å². The van der Waals surface area contributed by atoms with Gasteiger partial charge in [-0.2, -0.15) is 5.26 Å². The normalized spacial score (nSPS) is 14.7. The van der Waals surface area contributed by atoms with Crippen molar-refractivity contribution in [1.29, 1.82) is 5.26 Å². The van der Waals surface area contributed by atoms with Crippen LogP contribution in [0.2, 0.25) is 0 Å². The quantitative estimate of drug-likeness (QED) is 0.827. The largest absolute Gasteiger partial charge is 0.322 e. The summed E-state index contributed by atoms with van der Waals surface area (Å²) < 4.78 is 27.9. The second kappa shape index (κ2) is 7.91. The van der Waals surface area contributed by atoms with Gasteiger partial charge in [-0.25, -0.2) is 13.1 Å². The smallest absolute Gasteiger partial charge is 0.255 e. The van der Waals surface area contributed by atoms with Crippen molar-refractivity contribution in [2.24, 2.45) is 0 Å². The number of rotatable bonds is 5. The van der Waals surface area contributed by atoms with E-state index >= 15 is 0 Å². The van der Waals surface area contributed by atoms with E-state index in [0.717, 1.165) is 31.2 Å². The van der Waals surface area contributed by atoms with Gasteiger partial charge in [0.15, 0.2) is 0 Å². The van der Waals surface area contributed by atoms with Gasteiger partial charge in [0, 0.05) is 17.3 Å². The maximum Gasteiger partial charge on any atom is 0.255 e. The Morgan fingerprint density at radius 2 is 1.89 bits per heavy atom. The number of hydrogen-bond donors (Lipinski definition) is 2. The molecule has 0 atom stereocenters. The second-order valence-electron chi connectivity index (χ2n) is 6.78. The number of carbonyl (C=O) groups is 1. The predicted molar refractivity (Wildman–Crippen MR) is 103 cm³/mol. The van der Waals surface area contributed by atoms with Crippen molar-refractivity contribution in [3.63, 3.8) is 0 Å². The van der Waals surface area contributed by atoms with Gasteiger partial charge in [0.05, 0.1) is 16.5 Å². The van der Waals surface area contributed by atoms with Crippen molar-refractivity contribution in [3.05, 3.63) is 59.2 Å². The Bertz CT molecular complexity index is 1000. The van der Waals surface area contributed by atoms with Crippen molar-refractivity contribution < 1.29 is 13.2 Å². The molecule has 3 rings (SSSR count). The Kier molecular flexibility index (Phi) is 5.59. The summed E-state index contributed by atoms with van der Waals surface area (Å²) in [5, 5.41) is 11.8. The Morgan fingerprint density at radius 3 is 2.59 bits per heavy atom. The minimum atomic E-state index is -3.66. The van der Waals surface area contributed by atoms with Crippen molar-refractivity contribution in [3.8, 4) is 6.07 Å². The SMILES string of the molecule is Cc1cc(C#N)cc(NC(=O)c2cccc(S(=O)(=O)NC3CCCC3)c2)c1. The van der Waals surface area contributed by atoms with Crippen LogP contribution in [0.1, 0.15) is 47.2 Å². The average molecular weight is 383 g/mol. The van der Waals surface area contributed by atoms with Crippen LogP contribution in [0.15, 0.2) is 47.4 Å². The predicted octanol–water partition coefficient (Wildman–Crippen LogP) is 3.34. The van der Waals surface area contributed by atoms with E-state index in [0.29, 0.717) is 11.3 Å². The van der Waals surface area contributed by atoms with Gasteiger partial charge in [-0.15, -0.1) is 0 Å². The third kappa shape index (κ3) is 4.73. The van der Waals surface area contributed by atoms with E-state index in [9.17, 15) is 13.2 Å². The number of amides is 1. The lowest BCUT2D eigenvalue weighted by molar-refractivity contribution is 0.102. The molecular formula is C20H21N3O3S. The first-order chi connectivity index (χ1) is 12.9. The summed E-state index contributed by atoms with van der Waals surface area (Å²) in [5.74, 6) is -0.428. The third-order valence-electron chi connectivity index (χ3n) is 4.55. The van der Waals surface area contributed by atoms with Crippen LogP contribution in [0.4, 0.5) is 5.69 Å². The molecule has 0 aromatic heterocycles. The standard InChI is InChI=1S/C20H21N3O3S/c1-14-9-15(13-21)11-18(10-14)22-20(24)16-5-4-8-19(12-16)27(25,26)23-17-6-2-3-7-17/h4-5,8-12,17,23H,2-3,6-7H2,1H3,(H,22,24). The molecule has 0 heterocycles. The number of nitrogens with zero attached hydrogens (tertiary/aromatic N) is 1. The molecule has 140 valence electrons. The Balaban J connectivity index is 1.79. The minimum Gasteiger partial charge on any atom is -0.322 e. The first kappa shape index (κ1) is 19.1. The molecule has 0 bridgehead atoms. The summed E-state index contributed by atoms with van der Waals surface area (Å²) in [4.78, 5) is 12.6. The molecule has 6 nitrogen and oxygen atoms in total. The molecule has 1 aliphatic carbocycles. The lowest BCUT2D eigenvalue weighted by atomic mass is 10.1. The molecule has 1 fully saturated rings. The van der Waals surface area contributed by atoms with Crippen molar-refractivity contribution in [1.82, 2.24) is 4.72 Å². The van der Waals surface area contributed by atoms with Gasteiger partial charge in [-0.1, -0.05) is 18.9 Å². The molecule has 27 heavy (non-hydrogen) atoms. The first-order valence-corrected chi connectivity index (χ1v) is 10.3. The Labute approximate surface area is 159 Å². The summed E-state index contributed by atoms with van der Waals surface area (Å²) >= 11 is 0. The molecule has 0 radical (unpaired) electrons. The number of nitrogens with one attached hydrogen (secondary N) is 2. The Morgan fingerprint density at radius 1 is 1.15 bits per heavy atom. The van der Waals surface area contributed by atoms with Crippen LogP contribution in [0, 0.1) is 18.3 Å². The van der Waals surface area contributed by atoms with Gasteiger partial charge in [-0.05, 0) is 61.7 Å². The van der Waals surface area contributed by atoms with E-state index in [1.54, 1.807) is 30.3 Å². The highest BCUT2D eigenvalue weighted by atomic mass is 32.2. The molecule has 1 amide bonds. The van der Waals surface area contributed by atoms with E-state index in [1.165, 1.54) is 12.1 Å². The zero-order valence-corrected chi connectivity index (χ0v) is 15.8. The summed E-state index contributed by atoms with van der Waals surface area (Å²) in [7, 11) is -3.66. The molecule has 7 heteroatoms. The highest BCUT2D eigenvalue weighted by molar-refractivity contribution is 7.89. The molecule has 0 unspecified atom stereocenters. The zero-order chi connectivity index (χ0) is 19.4. The van der Waals surface area contributed by atoms with E-state index in [1.807, 2.05) is 13.0 Å². The maximum atomic E-state index is 12.6. The van der Waals surface area contributed by atoms with Gasteiger partial charge in [0.1, 0.15) is 0 Å². The fraction of sp³-hybridized carbons (Fsp3) is 0.300. The number of hydrogen-bond acceptors (Lipinski definition) is 4. The van der Waals surface area contributed by atoms with Crippen LogP contribution in [0.25, 0.3) is 0 Å². The lowest BCUT2D eigenvalue weighted by Gasteiger charge is -2.13. The van der Waals surface area contributed by atoms with E-state index in [-0.39, 0.29) is 16.5 Å². The number of anilines is 1. The van der Waals surface area contributed by atoms with Gasteiger partial charge in [0.25, 0.3) is 5.91 Å². The number of aryl methyl sites for hydroxylation is 1. The van der Waals surface area contributed by atoms with Gasteiger partial charge in [-0.3, -0.25) is 4.79 Å². The molecule has 1 saturated carbocycles. The van der Waals surface area contributed by atoms with Gasteiger partial charge < -0.3 is 5.32 Å². The van der Waals surface area contributed by atoms with Crippen LogP contribution in [0.3, 0.4) is 0 Å².